The van der Waals surface area contributed by atoms with Crippen LogP contribution in [0.3, 0.4) is 0 Å². The second-order valence-corrected chi connectivity index (χ2v) is 6.95. The highest BCUT2D eigenvalue weighted by atomic mass is 35.5. The minimum absolute atomic E-state index is 0.0973. The van der Waals surface area contributed by atoms with Crippen molar-refractivity contribution in [1.29, 1.82) is 0 Å². The zero-order chi connectivity index (χ0) is 17.4. The summed E-state index contributed by atoms with van der Waals surface area (Å²) in [6.45, 7) is 1.35. The molecule has 0 aliphatic carbocycles. The van der Waals surface area contributed by atoms with Crippen molar-refractivity contribution in [3.63, 3.8) is 0 Å². The first kappa shape index (κ1) is 16.2. The summed E-state index contributed by atoms with van der Waals surface area (Å²) in [6.07, 6.45) is 3.83. The van der Waals surface area contributed by atoms with Crippen molar-refractivity contribution < 1.29 is 9.18 Å². The van der Waals surface area contributed by atoms with Gasteiger partial charge in [0.1, 0.15) is 5.82 Å². The Labute approximate surface area is 150 Å². The number of benzene rings is 2. The Morgan fingerprint density at radius 2 is 1.96 bits per heavy atom. The summed E-state index contributed by atoms with van der Waals surface area (Å²) >= 11 is 6.13. The number of rotatable bonds is 2. The normalized spacial score (nSPS) is 15.7. The van der Waals surface area contributed by atoms with E-state index in [0.29, 0.717) is 24.6 Å². The fourth-order valence-corrected chi connectivity index (χ4v) is 3.82. The third-order valence-electron chi connectivity index (χ3n) is 4.97. The average Bonchev–Trinajstić information content (AvgIpc) is 3.04. The smallest absolute Gasteiger partial charge is 0.253 e. The predicted molar refractivity (Wildman–Crippen MR) is 97.6 cm³/mol. The van der Waals surface area contributed by atoms with Crippen molar-refractivity contribution in [2.24, 2.45) is 0 Å². The van der Waals surface area contributed by atoms with E-state index < -0.39 is 0 Å². The van der Waals surface area contributed by atoms with Gasteiger partial charge in [0.25, 0.3) is 5.91 Å². The summed E-state index contributed by atoms with van der Waals surface area (Å²) in [6, 6.07) is 11.8. The average molecular weight is 357 g/mol. The Bertz CT molecular complexity index is 928. The minimum atomic E-state index is -0.378. The maximum absolute atomic E-state index is 13.3. The lowest BCUT2D eigenvalue weighted by atomic mass is 9.89. The monoisotopic (exact) mass is 356 g/mol. The summed E-state index contributed by atoms with van der Waals surface area (Å²) in [5.74, 6) is -0.0832. The van der Waals surface area contributed by atoms with Gasteiger partial charge in [-0.2, -0.15) is 0 Å². The van der Waals surface area contributed by atoms with E-state index in [1.807, 2.05) is 23.1 Å². The van der Waals surface area contributed by atoms with Gasteiger partial charge in [-0.1, -0.05) is 17.7 Å². The number of amides is 1. The molecule has 1 saturated heterocycles. The van der Waals surface area contributed by atoms with Crippen LogP contribution in [0.15, 0.2) is 48.7 Å². The second kappa shape index (κ2) is 6.52. The van der Waals surface area contributed by atoms with Crippen molar-refractivity contribution in [2.75, 3.05) is 13.1 Å². The lowest BCUT2D eigenvalue weighted by Gasteiger charge is -2.32. The second-order valence-electron chi connectivity index (χ2n) is 6.51. The van der Waals surface area contributed by atoms with Crippen LogP contribution >= 0.6 is 11.6 Å². The predicted octanol–water partition coefficient (Wildman–Crippen LogP) is 4.98. The molecule has 1 amide bonds. The van der Waals surface area contributed by atoms with Gasteiger partial charge in [0.15, 0.2) is 0 Å². The zero-order valence-corrected chi connectivity index (χ0v) is 14.4. The Hall–Kier alpha value is -2.33. The molecule has 25 heavy (non-hydrogen) atoms. The number of H-pyrrole nitrogens is 1. The lowest BCUT2D eigenvalue weighted by molar-refractivity contribution is 0.0713. The Morgan fingerprint density at radius 3 is 2.72 bits per heavy atom. The fraction of sp³-hybridized carbons (Fsp3) is 0.250. The molecular formula is C20H18ClFN2O. The highest BCUT2D eigenvalue weighted by Gasteiger charge is 2.26. The molecule has 1 aromatic heterocycles. The zero-order valence-electron chi connectivity index (χ0n) is 13.6. The van der Waals surface area contributed by atoms with Crippen molar-refractivity contribution in [2.45, 2.75) is 18.8 Å². The minimum Gasteiger partial charge on any atom is -0.361 e. The summed E-state index contributed by atoms with van der Waals surface area (Å²) in [5.41, 5.74) is 2.75. The maximum atomic E-state index is 13.3. The first-order valence-corrected chi connectivity index (χ1v) is 8.81. The quantitative estimate of drug-likeness (QED) is 0.690. The van der Waals surface area contributed by atoms with E-state index in [4.69, 9.17) is 11.6 Å². The number of halogens is 2. The van der Waals surface area contributed by atoms with Gasteiger partial charge in [-0.25, -0.2) is 4.39 Å². The summed E-state index contributed by atoms with van der Waals surface area (Å²) in [7, 11) is 0. The lowest BCUT2D eigenvalue weighted by Crippen LogP contribution is -2.37. The molecule has 0 saturated carbocycles. The SMILES string of the molecule is O=C(c1cccc(F)c1)N1CCC(c2c[nH]c3ccc(Cl)cc23)CC1. The van der Waals surface area contributed by atoms with Gasteiger partial charge in [-0.3, -0.25) is 4.79 Å². The van der Waals surface area contributed by atoms with Crippen molar-refractivity contribution >= 4 is 28.4 Å². The van der Waals surface area contributed by atoms with Crippen LogP contribution < -0.4 is 0 Å². The summed E-state index contributed by atoms with van der Waals surface area (Å²) in [5, 5.41) is 1.88. The van der Waals surface area contributed by atoms with E-state index in [-0.39, 0.29) is 11.7 Å². The number of likely N-dealkylation sites (tertiary alicyclic amines) is 1. The molecular weight excluding hydrogens is 339 g/mol. The maximum Gasteiger partial charge on any atom is 0.253 e. The molecule has 128 valence electrons. The molecule has 0 atom stereocenters. The number of fused-ring (bicyclic) bond motifs is 1. The molecule has 1 N–H and O–H groups in total. The van der Waals surface area contributed by atoms with E-state index in [2.05, 4.69) is 11.2 Å². The number of hydrogen-bond donors (Lipinski definition) is 1. The van der Waals surface area contributed by atoms with Gasteiger partial charge < -0.3 is 9.88 Å². The number of nitrogens with one attached hydrogen (secondary N) is 1. The first-order valence-electron chi connectivity index (χ1n) is 8.43. The third kappa shape index (κ3) is 3.14. The Morgan fingerprint density at radius 1 is 1.16 bits per heavy atom. The molecule has 4 rings (SSSR count). The summed E-state index contributed by atoms with van der Waals surface area (Å²) < 4.78 is 13.3. The third-order valence-corrected chi connectivity index (χ3v) is 5.20. The topological polar surface area (TPSA) is 36.1 Å². The standard InChI is InChI=1S/C20H18ClFN2O/c21-15-4-5-19-17(11-15)18(12-23-19)13-6-8-24(9-7-13)20(25)14-2-1-3-16(22)10-14/h1-5,10-13,23H,6-9H2. The van der Waals surface area contributed by atoms with E-state index in [1.165, 1.54) is 17.7 Å². The van der Waals surface area contributed by atoms with Crippen LogP contribution in [0.25, 0.3) is 10.9 Å². The number of carbonyl (C=O) groups excluding carboxylic acids is 1. The van der Waals surface area contributed by atoms with Crippen LogP contribution in [0.2, 0.25) is 5.02 Å². The van der Waals surface area contributed by atoms with E-state index in [0.717, 1.165) is 28.8 Å². The van der Waals surface area contributed by atoms with Gasteiger partial charge in [0.05, 0.1) is 0 Å². The molecule has 5 heteroatoms. The van der Waals surface area contributed by atoms with Gasteiger partial charge in [0.2, 0.25) is 0 Å². The van der Waals surface area contributed by atoms with Crippen molar-refractivity contribution in [3.8, 4) is 0 Å². The van der Waals surface area contributed by atoms with Crippen molar-refractivity contribution in [1.82, 2.24) is 9.88 Å². The van der Waals surface area contributed by atoms with Crippen LogP contribution in [-0.2, 0) is 0 Å². The van der Waals surface area contributed by atoms with Crippen LogP contribution in [-0.4, -0.2) is 28.9 Å². The molecule has 1 aliphatic rings. The number of carbonyl (C=O) groups is 1. The Kier molecular flexibility index (Phi) is 4.22. The fourth-order valence-electron chi connectivity index (χ4n) is 3.65. The largest absolute Gasteiger partial charge is 0.361 e. The van der Waals surface area contributed by atoms with Crippen molar-refractivity contribution in [3.05, 3.63) is 70.6 Å². The molecule has 2 aromatic carbocycles. The number of hydrogen-bond acceptors (Lipinski definition) is 1. The van der Waals surface area contributed by atoms with E-state index in [9.17, 15) is 9.18 Å². The molecule has 3 aromatic rings. The number of aromatic nitrogens is 1. The Balaban J connectivity index is 1.49. The van der Waals surface area contributed by atoms with Gasteiger partial charge >= 0.3 is 0 Å². The van der Waals surface area contributed by atoms with Crippen LogP contribution in [0, 0.1) is 5.82 Å². The highest BCUT2D eigenvalue weighted by Crippen LogP contribution is 2.34. The molecule has 0 spiro atoms. The van der Waals surface area contributed by atoms with Gasteiger partial charge in [-0.15, -0.1) is 0 Å². The summed E-state index contributed by atoms with van der Waals surface area (Å²) in [4.78, 5) is 17.6. The van der Waals surface area contributed by atoms with Crippen LogP contribution in [0.5, 0.6) is 0 Å². The number of piperidine rings is 1. The molecule has 3 nitrogen and oxygen atoms in total. The van der Waals surface area contributed by atoms with E-state index >= 15 is 0 Å². The first-order chi connectivity index (χ1) is 12.1. The highest BCUT2D eigenvalue weighted by molar-refractivity contribution is 6.31. The number of aromatic amines is 1. The molecule has 2 heterocycles. The molecule has 1 fully saturated rings. The van der Waals surface area contributed by atoms with Crippen LogP contribution in [0.4, 0.5) is 4.39 Å². The van der Waals surface area contributed by atoms with E-state index in [1.54, 1.807) is 12.1 Å². The van der Waals surface area contributed by atoms with Gasteiger partial charge in [0, 0.05) is 40.8 Å². The molecule has 0 bridgehead atoms. The van der Waals surface area contributed by atoms with Crippen LogP contribution in [0.1, 0.15) is 34.7 Å². The van der Waals surface area contributed by atoms with Gasteiger partial charge in [-0.05, 0) is 60.7 Å². The molecule has 1 aliphatic heterocycles. The molecule has 0 unspecified atom stereocenters. The number of nitrogens with zero attached hydrogens (tertiary/aromatic N) is 1. The molecule has 0 radical (unpaired) electrons.